The van der Waals surface area contributed by atoms with Crippen LogP contribution in [0.4, 0.5) is 0 Å². The first-order valence-electron chi connectivity index (χ1n) is 3.25. The van der Waals surface area contributed by atoms with Gasteiger partial charge in [0.15, 0.2) is 0 Å². The van der Waals surface area contributed by atoms with Crippen LogP contribution < -0.4 is 5.73 Å². The van der Waals surface area contributed by atoms with Crippen molar-refractivity contribution in [3.63, 3.8) is 0 Å². The maximum atomic E-state index is 10.4. The SMILES string of the molecule is N[C@@H](C(=O)O)c1ccccc1.[Na]. The standard InChI is InChI=1S/C8H9NO2.Na/c9-7(8(10)11)6-4-2-1-3-5-6;/h1-5,7H,9H2,(H,10,11);/t7-;/m1./s1. The van der Waals surface area contributed by atoms with Crippen molar-refractivity contribution < 1.29 is 9.90 Å². The van der Waals surface area contributed by atoms with Gasteiger partial charge >= 0.3 is 5.97 Å². The van der Waals surface area contributed by atoms with Crippen LogP contribution in [0.15, 0.2) is 30.3 Å². The van der Waals surface area contributed by atoms with Gasteiger partial charge in [-0.25, -0.2) is 0 Å². The quantitative estimate of drug-likeness (QED) is 0.637. The number of benzene rings is 1. The van der Waals surface area contributed by atoms with E-state index in [4.69, 9.17) is 10.8 Å². The van der Waals surface area contributed by atoms with Crippen LogP contribution in [-0.2, 0) is 4.79 Å². The van der Waals surface area contributed by atoms with Crippen LogP contribution in [-0.4, -0.2) is 40.6 Å². The Morgan fingerprint density at radius 1 is 1.33 bits per heavy atom. The first-order valence-corrected chi connectivity index (χ1v) is 3.25. The summed E-state index contributed by atoms with van der Waals surface area (Å²) in [4.78, 5) is 10.4. The largest absolute Gasteiger partial charge is 0.480 e. The number of aliphatic carboxylic acids is 1. The molecule has 1 radical (unpaired) electrons. The van der Waals surface area contributed by atoms with Crippen LogP contribution in [0.25, 0.3) is 0 Å². The predicted molar refractivity (Wildman–Crippen MR) is 46.8 cm³/mol. The van der Waals surface area contributed by atoms with Crippen molar-refractivity contribution >= 4 is 35.5 Å². The molecule has 0 aliphatic rings. The third-order valence-corrected chi connectivity index (χ3v) is 1.42. The van der Waals surface area contributed by atoms with Crippen LogP contribution >= 0.6 is 0 Å². The molecule has 1 aromatic rings. The van der Waals surface area contributed by atoms with Gasteiger partial charge in [0.25, 0.3) is 0 Å². The molecule has 0 aliphatic heterocycles. The van der Waals surface area contributed by atoms with E-state index in [0.29, 0.717) is 5.56 Å². The maximum Gasteiger partial charge on any atom is 0.325 e. The summed E-state index contributed by atoms with van der Waals surface area (Å²) in [6.07, 6.45) is 0. The van der Waals surface area contributed by atoms with Gasteiger partial charge in [-0.1, -0.05) is 30.3 Å². The number of nitrogens with two attached hydrogens (primary N) is 1. The van der Waals surface area contributed by atoms with E-state index in [1.54, 1.807) is 24.3 Å². The second-order valence-electron chi connectivity index (χ2n) is 2.23. The molecular weight excluding hydrogens is 165 g/mol. The zero-order chi connectivity index (χ0) is 8.27. The summed E-state index contributed by atoms with van der Waals surface area (Å²) >= 11 is 0. The molecule has 0 amide bonds. The number of carboxylic acids is 1. The molecule has 0 aromatic heterocycles. The summed E-state index contributed by atoms with van der Waals surface area (Å²) in [6, 6.07) is 7.82. The third-order valence-electron chi connectivity index (χ3n) is 1.42. The Bertz CT molecular complexity index is 250. The molecule has 59 valence electrons. The molecule has 0 saturated heterocycles. The Hall–Kier alpha value is -0.350. The summed E-state index contributed by atoms with van der Waals surface area (Å²) in [6.45, 7) is 0. The molecule has 1 atom stereocenters. The van der Waals surface area contributed by atoms with E-state index in [1.165, 1.54) is 0 Å². The normalized spacial score (nSPS) is 11.4. The van der Waals surface area contributed by atoms with Gasteiger partial charge in [-0.3, -0.25) is 4.79 Å². The number of hydrogen-bond acceptors (Lipinski definition) is 2. The maximum absolute atomic E-state index is 10.4. The van der Waals surface area contributed by atoms with Gasteiger partial charge in [0.1, 0.15) is 6.04 Å². The molecule has 0 fully saturated rings. The van der Waals surface area contributed by atoms with E-state index in [0.717, 1.165) is 0 Å². The zero-order valence-corrected chi connectivity index (χ0v) is 8.90. The Kier molecular flexibility index (Phi) is 5.17. The minimum Gasteiger partial charge on any atom is -0.480 e. The van der Waals surface area contributed by atoms with E-state index in [1.807, 2.05) is 6.07 Å². The van der Waals surface area contributed by atoms with Gasteiger partial charge in [0.2, 0.25) is 0 Å². The molecule has 0 saturated carbocycles. The molecular formula is C8H9NNaO2. The summed E-state index contributed by atoms with van der Waals surface area (Å²) in [5, 5.41) is 8.51. The summed E-state index contributed by atoms with van der Waals surface area (Å²) in [5.74, 6) is -1.00. The fraction of sp³-hybridized carbons (Fsp3) is 0.125. The van der Waals surface area contributed by atoms with Crippen molar-refractivity contribution in [3.8, 4) is 0 Å². The fourth-order valence-electron chi connectivity index (χ4n) is 0.803. The molecule has 3 nitrogen and oxygen atoms in total. The molecule has 0 spiro atoms. The van der Waals surface area contributed by atoms with E-state index < -0.39 is 12.0 Å². The summed E-state index contributed by atoms with van der Waals surface area (Å²) in [5.41, 5.74) is 5.96. The van der Waals surface area contributed by atoms with E-state index in [9.17, 15) is 4.79 Å². The number of hydrogen-bond donors (Lipinski definition) is 2. The monoisotopic (exact) mass is 174 g/mol. The van der Waals surface area contributed by atoms with Gasteiger partial charge in [0.05, 0.1) is 0 Å². The number of rotatable bonds is 2. The van der Waals surface area contributed by atoms with E-state index >= 15 is 0 Å². The van der Waals surface area contributed by atoms with Crippen LogP contribution in [0.3, 0.4) is 0 Å². The van der Waals surface area contributed by atoms with Gasteiger partial charge in [-0.05, 0) is 5.56 Å². The Morgan fingerprint density at radius 2 is 1.83 bits per heavy atom. The van der Waals surface area contributed by atoms with Crippen LogP contribution in [0.5, 0.6) is 0 Å². The molecule has 12 heavy (non-hydrogen) atoms. The molecule has 4 heteroatoms. The number of carboxylic acid groups (broad SMARTS) is 1. The zero-order valence-electron chi connectivity index (χ0n) is 6.90. The van der Waals surface area contributed by atoms with Crippen molar-refractivity contribution in [2.24, 2.45) is 5.73 Å². The Balaban J connectivity index is 0.00000121. The molecule has 0 aliphatic carbocycles. The van der Waals surface area contributed by atoms with Crippen LogP contribution in [0.1, 0.15) is 11.6 Å². The molecule has 0 bridgehead atoms. The van der Waals surface area contributed by atoms with Gasteiger partial charge < -0.3 is 10.8 Å². The molecule has 3 N–H and O–H groups in total. The fourth-order valence-corrected chi connectivity index (χ4v) is 0.803. The van der Waals surface area contributed by atoms with E-state index in [-0.39, 0.29) is 29.6 Å². The average molecular weight is 174 g/mol. The summed E-state index contributed by atoms with van der Waals surface area (Å²) < 4.78 is 0. The van der Waals surface area contributed by atoms with Crippen molar-refractivity contribution in [1.82, 2.24) is 0 Å². The van der Waals surface area contributed by atoms with Crippen molar-refractivity contribution in [1.29, 1.82) is 0 Å². The average Bonchev–Trinajstić information content (AvgIpc) is 2.05. The molecule has 1 aromatic carbocycles. The first-order chi connectivity index (χ1) is 5.22. The molecule has 0 unspecified atom stereocenters. The van der Waals surface area contributed by atoms with Crippen molar-refractivity contribution in [2.75, 3.05) is 0 Å². The Morgan fingerprint density at radius 3 is 2.25 bits per heavy atom. The van der Waals surface area contributed by atoms with Gasteiger partial charge in [-0.15, -0.1) is 0 Å². The number of carbonyl (C=O) groups is 1. The predicted octanol–water partition coefficient (Wildman–Crippen LogP) is 0.390. The minimum absolute atomic E-state index is 0. The topological polar surface area (TPSA) is 63.3 Å². The first kappa shape index (κ1) is 11.6. The van der Waals surface area contributed by atoms with Crippen LogP contribution in [0.2, 0.25) is 0 Å². The Labute approximate surface area is 92.9 Å². The molecule has 0 heterocycles. The van der Waals surface area contributed by atoms with E-state index in [2.05, 4.69) is 0 Å². The third kappa shape index (κ3) is 2.95. The second kappa shape index (κ2) is 5.32. The molecule has 1 rings (SSSR count). The second-order valence-corrected chi connectivity index (χ2v) is 2.23. The smallest absolute Gasteiger partial charge is 0.325 e. The summed E-state index contributed by atoms with van der Waals surface area (Å²) in [7, 11) is 0. The van der Waals surface area contributed by atoms with Crippen molar-refractivity contribution in [2.45, 2.75) is 6.04 Å². The van der Waals surface area contributed by atoms with Crippen molar-refractivity contribution in [3.05, 3.63) is 35.9 Å². The van der Waals surface area contributed by atoms with Crippen LogP contribution in [0, 0.1) is 0 Å². The van der Waals surface area contributed by atoms with Gasteiger partial charge in [-0.2, -0.15) is 0 Å². The van der Waals surface area contributed by atoms with Gasteiger partial charge in [0, 0.05) is 29.6 Å². The minimum atomic E-state index is -1.00.